The fourth-order valence-electron chi connectivity index (χ4n) is 5.59. The average molecular weight is 536 g/mol. The molecule has 2 N–H and O–H groups in total. The second kappa shape index (κ2) is 10.7. The van der Waals surface area contributed by atoms with Gasteiger partial charge in [0.25, 0.3) is 0 Å². The molecule has 8 nitrogen and oxygen atoms in total. The third-order valence-corrected chi connectivity index (χ3v) is 7.62. The molecule has 7 rings (SSSR count). The maximum Gasteiger partial charge on any atom is 0.141 e. The Hall–Kier alpha value is -4.34. The van der Waals surface area contributed by atoms with Gasteiger partial charge < -0.3 is 20.3 Å². The van der Waals surface area contributed by atoms with Crippen molar-refractivity contribution in [3.63, 3.8) is 0 Å². The van der Waals surface area contributed by atoms with E-state index in [4.69, 9.17) is 4.74 Å². The second-order valence-corrected chi connectivity index (χ2v) is 10.4. The predicted octanol–water partition coefficient (Wildman–Crippen LogP) is 4.81. The number of nitrogens with one attached hydrogen (secondary N) is 2. The minimum atomic E-state index is -0.242. The number of morpholine rings is 1. The van der Waals surface area contributed by atoms with Crippen LogP contribution in [-0.2, 0) is 11.3 Å². The highest BCUT2D eigenvalue weighted by molar-refractivity contribution is 5.92. The highest BCUT2D eigenvalue weighted by atomic mass is 19.1. The number of nitrogens with zero attached hydrogens (tertiary/aromatic N) is 5. The van der Waals surface area contributed by atoms with Gasteiger partial charge in [0, 0.05) is 48.6 Å². The summed E-state index contributed by atoms with van der Waals surface area (Å²) in [5.74, 6) is 0.821. The number of hydrogen-bond acceptors (Lipinski definition) is 7. The van der Waals surface area contributed by atoms with E-state index < -0.39 is 0 Å². The predicted molar refractivity (Wildman–Crippen MR) is 154 cm³/mol. The quantitative estimate of drug-likeness (QED) is 0.310. The van der Waals surface area contributed by atoms with E-state index in [1.54, 1.807) is 18.5 Å². The van der Waals surface area contributed by atoms with Gasteiger partial charge in [-0.25, -0.2) is 14.4 Å². The van der Waals surface area contributed by atoms with Crippen LogP contribution >= 0.6 is 0 Å². The number of ether oxygens (including phenoxy) is 1. The molecule has 40 heavy (non-hydrogen) atoms. The first-order chi connectivity index (χ1) is 19.7. The summed E-state index contributed by atoms with van der Waals surface area (Å²) in [6.45, 7) is 4.93. The van der Waals surface area contributed by atoms with Crippen molar-refractivity contribution in [3.8, 4) is 0 Å². The lowest BCUT2D eigenvalue weighted by Gasteiger charge is -2.28. The maximum absolute atomic E-state index is 13.6. The summed E-state index contributed by atoms with van der Waals surface area (Å²) in [5.41, 5.74) is 4.90. The zero-order valence-electron chi connectivity index (χ0n) is 22.0. The van der Waals surface area contributed by atoms with Gasteiger partial charge in [-0.1, -0.05) is 24.3 Å². The third kappa shape index (κ3) is 5.13. The Morgan fingerprint density at radius 3 is 2.95 bits per heavy atom. The van der Waals surface area contributed by atoms with Gasteiger partial charge in [-0.05, 0) is 59.8 Å². The normalized spacial score (nSPS) is 19.1. The summed E-state index contributed by atoms with van der Waals surface area (Å²) in [4.78, 5) is 11.4. The van der Waals surface area contributed by atoms with Crippen molar-refractivity contribution in [3.05, 3.63) is 102 Å². The highest BCUT2D eigenvalue weighted by Gasteiger charge is 2.23. The number of fused-ring (bicyclic) bond motifs is 2. The van der Waals surface area contributed by atoms with Crippen molar-refractivity contribution < 1.29 is 9.13 Å². The van der Waals surface area contributed by atoms with Gasteiger partial charge in [-0.2, -0.15) is 5.10 Å². The molecule has 0 saturated carbocycles. The molecule has 0 amide bonds. The summed E-state index contributed by atoms with van der Waals surface area (Å²) >= 11 is 0. The van der Waals surface area contributed by atoms with Crippen molar-refractivity contribution in [2.45, 2.75) is 18.6 Å². The summed E-state index contributed by atoms with van der Waals surface area (Å²) in [5, 5.41) is 13.4. The minimum Gasteiger partial charge on any atom is -0.374 e. The van der Waals surface area contributed by atoms with Crippen LogP contribution in [-0.4, -0.2) is 63.5 Å². The molecule has 0 bridgehead atoms. The first kappa shape index (κ1) is 24.7. The van der Waals surface area contributed by atoms with E-state index in [1.807, 2.05) is 29.1 Å². The Kier molecular flexibility index (Phi) is 6.59. The van der Waals surface area contributed by atoms with Crippen LogP contribution in [0.4, 0.5) is 15.9 Å². The fourth-order valence-corrected chi connectivity index (χ4v) is 5.59. The van der Waals surface area contributed by atoms with Gasteiger partial charge in [0.15, 0.2) is 0 Å². The molecule has 5 aromatic rings. The summed E-state index contributed by atoms with van der Waals surface area (Å²) in [6, 6.07) is 19.2. The van der Waals surface area contributed by atoms with Crippen LogP contribution in [0.2, 0.25) is 0 Å². The molecule has 0 aliphatic carbocycles. The molecule has 2 aromatic heterocycles. The van der Waals surface area contributed by atoms with Crippen LogP contribution in [0, 0.1) is 5.82 Å². The topological polar surface area (TPSA) is 80.1 Å². The van der Waals surface area contributed by atoms with E-state index in [0.29, 0.717) is 12.5 Å². The minimum absolute atomic E-state index is 0.226. The molecule has 202 valence electrons. The van der Waals surface area contributed by atoms with Crippen molar-refractivity contribution >= 4 is 33.3 Å². The van der Waals surface area contributed by atoms with Crippen molar-refractivity contribution in [1.29, 1.82) is 0 Å². The third-order valence-electron chi connectivity index (χ3n) is 7.62. The SMILES string of the molecule is Fc1cccc(Cn2ncc3cc(Nc4ncnc5ccc(C6C=CN(CC7CNCCO7)C6)cc45)ccc32)c1. The van der Waals surface area contributed by atoms with E-state index in [-0.39, 0.29) is 11.9 Å². The lowest BCUT2D eigenvalue weighted by Crippen LogP contribution is -2.44. The molecular formula is C31H30FN7O. The van der Waals surface area contributed by atoms with E-state index in [9.17, 15) is 4.39 Å². The van der Waals surface area contributed by atoms with E-state index in [2.05, 4.69) is 67.1 Å². The molecular weight excluding hydrogens is 505 g/mol. The molecule has 0 spiro atoms. The average Bonchev–Trinajstić information content (AvgIpc) is 3.60. The number of benzene rings is 3. The van der Waals surface area contributed by atoms with E-state index >= 15 is 0 Å². The standard InChI is InChI=1S/C31H30FN7O/c32-25-3-1-2-21(12-25)17-39-30-7-5-26(13-24(30)15-36-39)37-31-28-14-22(4-6-29(28)34-20-35-31)23-8-10-38(18-23)19-27-16-33-9-11-40-27/h1-8,10,12-15,20,23,27,33H,9,11,16-19H2,(H,34,35,37). The van der Waals surface area contributed by atoms with E-state index in [1.165, 1.54) is 11.6 Å². The van der Waals surface area contributed by atoms with Gasteiger partial charge >= 0.3 is 0 Å². The molecule has 2 unspecified atom stereocenters. The summed E-state index contributed by atoms with van der Waals surface area (Å²) < 4.78 is 21.4. The maximum atomic E-state index is 13.6. The van der Waals surface area contributed by atoms with Gasteiger partial charge in [-0.15, -0.1) is 0 Å². The van der Waals surface area contributed by atoms with Crippen LogP contribution < -0.4 is 10.6 Å². The molecule has 3 aromatic carbocycles. The lowest BCUT2D eigenvalue weighted by atomic mass is 9.98. The fraction of sp³-hybridized carbons (Fsp3) is 0.258. The Morgan fingerprint density at radius 1 is 1.07 bits per heavy atom. The summed E-state index contributed by atoms with van der Waals surface area (Å²) in [7, 11) is 0. The second-order valence-electron chi connectivity index (χ2n) is 10.4. The van der Waals surface area contributed by atoms with Gasteiger partial charge in [0.05, 0.1) is 36.5 Å². The molecule has 2 aliphatic heterocycles. The van der Waals surface area contributed by atoms with Gasteiger partial charge in [0.2, 0.25) is 0 Å². The first-order valence-electron chi connectivity index (χ1n) is 13.6. The Morgan fingerprint density at radius 2 is 2.05 bits per heavy atom. The van der Waals surface area contributed by atoms with Gasteiger partial charge in [0.1, 0.15) is 18.0 Å². The molecule has 0 radical (unpaired) electrons. The number of hydrogen-bond donors (Lipinski definition) is 2. The number of aromatic nitrogens is 4. The Bertz CT molecular complexity index is 1690. The lowest BCUT2D eigenvalue weighted by molar-refractivity contribution is 0.0143. The highest BCUT2D eigenvalue weighted by Crippen LogP contribution is 2.31. The van der Waals surface area contributed by atoms with Crippen LogP contribution in [0.25, 0.3) is 21.8 Å². The smallest absolute Gasteiger partial charge is 0.141 e. The van der Waals surface area contributed by atoms with Crippen LogP contribution in [0.1, 0.15) is 17.0 Å². The monoisotopic (exact) mass is 535 g/mol. The van der Waals surface area contributed by atoms with E-state index in [0.717, 1.165) is 71.7 Å². The molecule has 1 fully saturated rings. The van der Waals surface area contributed by atoms with Crippen molar-refractivity contribution in [2.24, 2.45) is 0 Å². The molecule has 9 heteroatoms. The molecule has 1 saturated heterocycles. The Labute approximate surface area is 231 Å². The summed E-state index contributed by atoms with van der Waals surface area (Å²) in [6.07, 6.45) is 8.11. The number of rotatable bonds is 7. The van der Waals surface area contributed by atoms with Crippen molar-refractivity contribution in [1.82, 2.24) is 30.0 Å². The van der Waals surface area contributed by atoms with Gasteiger partial charge in [-0.3, -0.25) is 4.68 Å². The van der Waals surface area contributed by atoms with Crippen LogP contribution in [0.15, 0.2) is 85.5 Å². The largest absolute Gasteiger partial charge is 0.374 e. The molecule has 2 atom stereocenters. The number of anilines is 2. The molecule has 4 heterocycles. The van der Waals surface area contributed by atoms with Crippen LogP contribution in [0.5, 0.6) is 0 Å². The van der Waals surface area contributed by atoms with Crippen LogP contribution in [0.3, 0.4) is 0 Å². The first-order valence-corrected chi connectivity index (χ1v) is 13.6. The Balaban J connectivity index is 1.09. The number of halogens is 1. The zero-order valence-corrected chi connectivity index (χ0v) is 22.0. The van der Waals surface area contributed by atoms with Crippen molar-refractivity contribution in [2.75, 3.05) is 38.1 Å². The zero-order chi connectivity index (χ0) is 26.9. The molecule has 2 aliphatic rings.